The number of methoxy groups -OCH3 is 1. The standard InChI is InChI=1S/C19H24N2O4S/c1-15-6-8-17(9-7-15)26(23,24)21-12-10-20(11-13-21)14-16-4-3-5-18(25-2)19(16)22/h3-9,22H,10-14H2,1-2H3/p+1. The Kier molecular flexibility index (Phi) is 5.50. The third kappa shape index (κ3) is 3.85. The van der Waals surface area contributed by atoms with Gasteiger partial charge in [-0.3, -0.25) is 0 Å². The number of ether oxygens (including phenoxy) is 1. The zero-order valence-corrected chi connectivity index (χ0v) is 15.9. The van der Waals surface area contributed by atoms with Gasteiger partial charge in [0.2, 0.25) is 10.0 Å². The summed E-state index contributed by atoms with van der Waals surface area (Å²) in [6.07, 6.45) is 0. The molecule has 1 aliphatic rings. The highest BCUT2D eigenvalue weighted by Gasteiger charge is 2.30. The largest absolute Gasteiger partial charge is 0.504 e. The van der Waals surface area contributed by atoms with Crippen LogP contribution >= 0.6 is 0 Å². The van der Waals surface area contributed by atoms with Gasteiger partial charge in [-0.1, -0.05) is 23.8 Å². The molecule has 1 aliphatic heterocycles. The van der Waals surface area contributed by atoms with Crippen molar-refractivity contribution in [1.29, 1.82) is 0 Å². The SMILES string of the molecule is COc1cccc(C[NH+]2CCN(S(=O)(=O)c3ccc(C)cc3)CC2)c1O. The van der Waals surface area contributed by atoms with E-state index in [0.29, 0.717) is 43.4 Å². The summed E-state index contributed by atoms with van der Waals surface area (Å²) in [5, 5.41) is 10.2. The number of quaternary nitrogens is 1. The summed E-state index contributed by atoms with van der Waals surface area (Å²) in [7, 11) is -1.92. The fourth-order valence-corrected chi connectivity index (χ4v) is 4.66. The number of phenols is 1. The van der Waals surface area contributed by atoms with E-state index in [2.05, 4.69) is 0 Å². The van der Waals surface area contributed by atoms with Crippen LogP contribution in [0.1, 0.15) is 11.1 Å². The van der Waals surface area contributed by atoms with Crippen molar-refractivity contribution in [1.82, 2.24) is 4.31 Å². The van der Waals surface area contributed by atoms with Gasteiger partial charge in [0.15, 0.2) is 11.5 Å². The molecule has 3 rings (SSSR count). The topological polar surface area (TPSA) is 71.3 Å². The van der Waals surface area contributed by atoms with E-state index in [-0.39, 0.29) is 5.75 Å². The second kappa shape index (κ2) is 7.65. The summed E-state index contributed by atoms with van der Waals surface area (Å²) in [6, 6.07) is 12.4. The number of piperazine rings is 1. The predicted molar refractivity (Wildman–Crippen MR) is 99.0 cm³/mol. The third-order valence-corrected chi connectivity index (χ3v) is 6.74. The van der Waals surface area contributed by atoms with Gasteiger partial charge < -0.3 is 14.7 Å². The number of nitrogens with zero attached hydrogens (tertiary/aromatic N) is 1. The van der Waals surface area contributed by atoms with Gasteiger partial charge >= 0.3 is 0 Å². The molecule has 0 bridgehead atoms. The second-order valence-electron chi connectivity index (χ2n) is 6.61. The lowest BCUT2D eigenvalue weighted by molar-refractivity contribution is -0.917. The lowest BCUT2D eigenvalue weighted by Crippen LogP contribution is -3.13. The fourth-order valence-electron chi connectivity index (χ4n) is 3.22. The van der Waals surface area contributed by atoms with E-state index in [1.807, 2.05) is 31.2 Å². The summed E-state index contributed by atoms with van der Waals surface area (Å²) in [4.78, 5) is 1.58. The molecule has 26 heavy (non-hydrogen) atoms. The lowest BCUT2D eigenvalue weighted by atomic mass is 10.1. The maximum atomic E-state index is 12.8. The van der Waals surface area contributed by atoms with Crippen LogP contribution in [0, 0.1) is 6.92 Å². The summed E-state index contributed by atoms with van der Waals surface area (Å²) in [5.41, 5.74) is 1.85. The molecule has 2 N–H and O–H groups in total. The van der Waals surface area contributed by atoms with Gasteiger partial charge in [-0.15, -0.1) is 0 Å². The number of aromatic hydroxyl groups is 1. The maximum Gasteiger partial charge on any atom is 0.243 e. The van der Waals surface area contributed by atoms with Crippen molar-refractivity contribution >= 4 is 10.0 Å². The van der Waals surface area contributed by atoms with Crippen molar-refractivity contribution < 1.29 is 23.2 Å². The van der Waals surface area contributed by atoms with Crippen LogP contribution in [0.25, 0.3) is 0 Å². The van der Waals surface area contributed by atoms with Gasteiger partial charge in [0.25, 0.3) is 0 Å². The highest BCUT2D eigenvalue weighted by Crippen LogP contribution is 2.28. The van der Waals surface area contributed by atoms with E-state index in [1.54, 1.807) is 22.5 Å². The Morgan fingerprint density at radius 2 is 1.77 bits per heavy atom. The Balaban J connectivity index is 1.65. The molecule has 1 fully saturated rings. The molecule has 0 aliphatic carbocycles. The van der Waals surface area contributed by atoms with Crippen LogP contribution in [0.3, 0.4) is 0 Å². The minimum atomic E-state index is -3.44. The minimum absolute atomic E-state index is 0.164. The molecule has 7 heteroatoms. The molecule has 0 atom stereocenters. The summed E-state index contributed by atoms with van der Waals surface area (Å²) in [6.45, 7) is 4.91. The van der Waals surface area contributed by atoms with Crippen molar-refractivity contribution in [2.75, 3.05) is 33.3 Å². The molecule has 2 aromatic rings. The molecule has 1 saturated heterocycles. The number of hydrogen-bond donors (Lipinski definition) is 2. The van der Waals surface area contributed by atoms with Crippen molar-refractivity contribution in [3.63, 3.8) is 0 Å². The predicted octanol–water partition coefficient (Wildman–Crippen LogP) is 0.799. The van der Waals surface area contributed by atoms with Crippen LogP contribution in [0.4, 0.5) is 0 Å². The Hall–Kier alpha value is -2.09. The average Bonchev–Trinajstić information content (AvgIpc) is 2.64. The smallest absolute Gasteiger partial charge is 0.243 e. The van der Waals surface area contributed by atoms with Crippen molar-refractivity contribution in [3.05, 3.63) is 53.6 Å². The molecule has 0 amide bonds. The summed E-state index contributed by atoms with van der Waals surface area (Å²) >= 11 is 0. The Morgan fingerprint density at radius 1 is 1.12 bits per heavy atom. The van der Waals surface area contributed by atoms with Crippen molar-refractivity contribution in [3.8, 4) is 11.5 Å². The molecule has 0 aromatic heterocycles. The maximum absolute atomic E-state index is 12.8. The van der Waals surface area contributed by atoms with Crippen LogP contribution in [-0.4, -0.2) is 51.1 Å². The fraction of sp³-hybridized carbons (Fsp3) is 0.368. The molecule has 140 valence electrons. The number of sulfonamides is 1. The number of benzene rings is 2. The van der Waals surface area contributed by atoms with E-state index in [4.69, 9.17) is 4.74 Å². The van der Waals surface area contributed by atoms with Gasteiger partial charge in [0, 0.05) is 0 Å². The number of rotatable bonds is 5. The summed E-state index contributed by atoms with van der Waals surface area (Å²) in [5.74, 6) is 0.625. The van der Waals surface area contributed by atoms with Crippen LogP contribution in [0.15, 0.2) is 47.4 Å². The van der Waals surface area contributed by atoms with Crippen molar-refractivity contribution in [2.45, 2.75) is 18.4 Å². The Bertz CT molecular complexity index is 858. The van der Waals surface area contributed by atoms with Crippen LogP contribution in [-0.2, 0) is 16.6 Å². The zero-order chi connectivity index (χ0) is 18.7. The Labute approximate surface area is 154 Å². The van der Waals surface area contributed by atoms with E-state index < -0.39 is 10.0 Å². The van der Waals surface area contributed by atoms with Crippen LogP contribution < -0.4 is 9.64 Å². The van der Waals surface area contributed by atoms with Crippen LogP contribution in [0.2, 0.25) is 0 Å². The molecule has 2 aromatic carbocycles. The van der Waals surface area contributed by atoms with Gasteiger partial charge in [-0.2, -0.15) is 4.31 Å². The molecule has 6 nitrogen and oxygen atoms in total. The van der Waals surface area contributed by atoms with Crippen LogP contribution in [0.5, 0.6) is 11.5 Å². The second-order valence-corrected chi connectivity index (χ2v) is 8.55. The molecule has 1 heterocycles. The molecular formula is C19H25N2O4S+. The first-order valence-electron chi connectivity index (χ1n) is 8.67. The zero-order valence-electron chi connectivity index (χ0n) is 15.1. The number of hydrogen-bond acceptors (Lipinski definition) is 4. The highest BCUT2D eigenvalue weighted by atomic mass is 32.2. The average molecular weight is 377 g/mol. The van der Waals surface area contributed by atoms with Gasteiger partial charge in [-0.05, 0) is 31.2 Å². The van der Waals surface area contributed by atoms with Crippen molar-refractivity contribution in [2.24, 2.45) is 0 Å². The molecular weight excluding hydrogens is 352 g/mol. The lowest BCUT2D eigenvalue weighted by Gasteiger charge is -2.31. The third-order valence-electron chi connectivity index (χ3n) is 4.83. The molecule has 0 radical (unpaired) electrons. The van der Waals surface area contributed by atoms with E-state index in [9.17, 15) is 13.5 Å². The minimum Gasteiger partial charge on any atom is -0.504 e. The van der Waals surface area contributed by atoms with E-state index in [1.165, 1.54) is 12.0 Å². The monoisotopic (exact) mass is 377 g/mol. The molecule has 0 spiro atoms. The number of nitrogens with one attached hydrogen (secondary N) is 1. The van der Waals surface area contributed by atoms with Gasteiger partial charge in [0.05, 0.1) is 43.7 Å². The van der Waals surface area contributed by atoms with Gasteiger partial charge in [-0.25, -0.2) is 8.42 Å². The quantitative estimate of drug-likeness (QED) is 0.809. The van der Waals surface area contributed by atoms with E-state index in [0.717, 1.165) is 11.1 Å². The summed E-state index contributed by atoms with van der Waals surface area (Å²) < 4.78 is 32.2. The first-order chi connectivity index (χ1) is 12.4. The Morgan fingerprint density at radius 3 is 2.38 bits per heavy atom. The molecule has 0 saturated carbocycles. The normalized spacial score (nSPS) is 16.5. The number of aryl methyl sites for hydroxylation is 1. The first-order valence-corrected chi connectivity index (χ1v) is 10.1. The highest BCUT2D eigenvalue weighted by molar-refractivity contribution is 7.89. The number of para-hydroxylation sites is 1. The first kappa shape index (κ1) is 18.7. The van der Waals surface area contributed by atoms with E-state index >= 15 is 0 Å². The van der Waals surface area contributed by atoms with Gasteiger partial charge in [0.1, 0.15) is 6.54 Å². The molecule has 0 unspecified atom stereocenters. The number of phenolic OH excluding ortho intramolecular Hbond substituents is 1.